The van der Waals surface area contributed by atoms with Crippen molar-refractivity contribution in [3.8, 4) is 0 Å². The van der Waals surface area contributed by atoms with Gasteiger partial charge in [-0.05, 0) is 24.7 Å². The van der Waals surface area contributed by atoms with E-state index in [1.54, 1.807) is 0 Å². The summed E-state index contributed by atoms with van der Waals surface area (Å²) in [6.07, 6.45) is 5.17. The molecule has 0 bridgehead atoms. The number of nitrogens with one attached hydrogen (secondary N) is 1. The zero-order chi connectivity index (χ0) is 11.5. The molecule has 1 N–H and O–H groups in total. The Labute approximate surface area is 98.6 Å². The molecular formula is C13H24N2O. The van der Waals surface area contributed by atoms with Crippen LogP contribution in [0.25, 0.3) is 0 Å². The molecule has 0 aromatic rings. The van der Waals surface area contributed by atoms with Crippen LogP contribution in [0.3, 0.4) is 0 Å². The summed E-state index contributed by atoms with van der Waals surface area (Å²) in [5.41, 5.74) is 0. The van der Waals surface area contributed by atoms with Gasteiger partial charge < -0.3 is 10.2 Å². The van der Waals surface area contributed by atoms with Crippen LogP contribution in [0.2, 0.25) is 0 Å². The molecule has 0 spiro atoms. The Morgan fingerprint density at radius 1 is 1.31 bits per heavy atom. The molecule has 2 fully saturated rings. The third-order valence-electron chi connectivity index (χ3n) is 4.16. The summed E-state index contributed by atoms with van der Waals surface area (Å²) in [7, 11) is 0. The van der Waals surface area contributed by atoms with Crippen molar-refractivity contribution in [2.45, 2.75) is 45.6 Å². The summed E-state index contributed by atoms with van der Waals surface area (Å²) >= 11 is 0. The normalized spacial score (nSPS) is 32.2. The lowest BCUT2D eigenvalue weighted by Crippen LogP contribution is -2.55. The largest absolute Gasteiger partial charge is 0.337 e. The minimum absolute atomic E-state index is 0.309. The summed E-state index contributed by atoms with van der Waals surface area (Å²) in [6.45, 7) is 7.02. The summed E-state index contributed by atoms with van der Waals surface area (Å²) in [4.78, 5) is 14.1. The molecule has 16 heavy (non-hydrogen) atoms. The Morgan fingerprint density at radius 2 is 2.06 bits per heavy atom. The second-order valence-corrected chi connectivity index (χ2v) is 5.52. The molecule has 92 valence electrons. The van der Waals surface area contributed by atoms with E-state index in [2.05, 4.69) is 24.1 Å². The third-order valence-corrected chi connectivity index (χ3v) is 4.16. The number of hydrogen-bond donors (Lipinski definition) is 1. The van der Waals surface area contributed by atoms with E-state index < -0.39 is 0 Å². The first kappa shape index (κ1) is 11.9. The average Bonchev–Trinajstić information content (AvgIpc) is 2.29. The predicted molar refractivity (Wildman–Crippen MR) is 65.2 cm³/mol. The Balaban J connectivity index is 2.06. The fourth-order valence-corrected chi connectivity index (χ4v) is 3.28. The van der Waals surface area contributed by atoms with Crippen molar-refractivity contribution >= 4 is 5.91 Å². The van der Waals surface area contributed by atoms with Crippen molar-refractivity contribution in [2.24, 2.45) is 11.8 Å². The molecular weight excluding hydrogens is 200 g/mol. The SMILES string of the molecule is CC(C)C1CCCCC1N1CCNCC1=O. The topological polar surface area (TPSA) is 32.3 Å². The van der Waals surface area contributed by atoms with E-state index in [1.807, 2.05) is 0 Å². The van der Waals surface area contributed by atoms with Gasteiger partial charge in [-0.15, -0.1) is 0 Å². The van der Waals surface area contributed by atoms with Gasteiger partial charge in [0.25, 0.3) is 0 Å². The van der Waals surface area contributed by atoms with Gasteiger partial charge in [0, 0.05) is 19.1 Å². The van der Waals surface area contributed by atoms with Gasteiger partial charge in [-0.2, -0.15) is 0 Å². The highest BCUT2D eigenvalue weighted by atomic mass is 16.2. The van der Waals surface area contributed by atoms with Crippen molar-refractivity contribution in [1.82, 2.24) is 10.2 Å². The lowest BCUT2D eigenvalue weighted by Gasteiger charge is -2.43. The quantitative estimate of drug-likeness (QED) is 0.773. The fraction of sp³-hybridized carbons (Fsp3) is 0.923. The summed E-state index contributed by atoms with van der Waals surface area (Å²) in [5.74, 6) is 1.73. The molecule has 2 atom stereocenters. The maximum Gasteiger partial charge on any atom is 0.236 e. The fourth-order valence-electron chi connectivity index (χ4n) is 3.28. The van der Waals surface area contributed by atoms with Crippen molar-refractivity contribution in [1.29, 1.82) is 0 Å². The highest BCUT2D eigenvalue weighted by molar-refractivity contribution is 5.79. The van der Waals surface area contributed by atoms with Gasteiger partial charge in [0.15, 0.2) is 0 Å². The van der Waals surface area contributed by atoms with Crippen LogP contribution in [0.5, 0.6) is 0 Å². The lowest BCUT2D eigenvalue weighted by atomic mass is 9.77. The molecule has 1 amide bonds. The van der Waals surface area contributed by atoms with Gasteiger partial charge in [0.2, 0.25) is 5.91 Å². The summed E-state index contributed by atoms with van der Waals surface area (Å²) < 4.78 is 0. The molecule has 1 aliphatic carbocycles. The van der Waals surface area contributed by atoms with Gasteiger partial charge in [0.05, 0.1) is 6.54 Å². The molecule has 1 saturated heterocycles. The lowest BCUT2D eigenvalue weighted by molar-refractivity contribution is -0.137. The van der Waals surface area contributed by atoms with Crippen LogP contribution < -0.4 is 5.32 Å². The van der Waals surface area contributed by atoms with Crippen molar-refractivity contribution in [2.75, 3.05) is 19.6 Å². The summed E-state index contributed by atoms with van der Waals surface area (Å²) in [6, 6.07) is 0.517. The molecule has 3 nitrogen and oxygen atoms in total. The molecule has 1 saturated carbocycles. The van der Waals surface area contributed by atoms with Crippen LogP contribution in [-0.4, -0.2) is 36.5 Å². The van der Waals surface area contributed by atoms with Crippen LogP contribution in [0.15, 0.2) is 0 Å². The second kappa shape index (κ2) is 5.17. The Bertz CT molecular complexity index is 252. The van der Waals surface area contributed by atoms with Crippen molar-refractivity contribution in [3.63, 3.8) is 0 Å². The molecule has 0 radical (unpaired) electrons. The highest BCUT2D eigenvalue weighted by Crippen LogP contribution is 2.33. The van der Waals surface area contributed by atoms with Crippen LogP contribution in [0, 0.1) is 11.8 Å². The van der Waals surface area contributed by atoms with E-state index in [0.29, 0.717) is 24.4 Å². The van der Waals surface area contributed by atoms with E-state index in [9.17, 15) is 4.79 Å². The zero-order valence-electron chi connectivity index (χ0n) is 10.5. The van der Waals surface area contributed by atoms with Gasteiger partial charge in [0.1, 0.15) is 0 Å². The third kappa shape index (κ3) is 2.40. The van der Waals surface area contributed by atoms with E-state index in [1.165, 1.54) is 25.7 Å². The number of nitrogens with zero attached hydrogens (tertiary/aromatic N) is 1. The average molecular weight is 224 g/mol. The number of carbonyl (C=O) groups excluding carboxylic acids is 1. The standard InChI is InChI=1S/C13H24N2O/c1-10(2)11-5-3-4-6-12(11)15-8-7-14-9-13(15)16/h10-12,14H,3-9H2,1-2H3. The van der Waals surface area contributed by atoms with Crippen LogP contribution in [0.1, 0.15) is 39.5 Å². The monoisotopic (exact) mass is 224 g/mol. The number of amides is 1. The molecule has 2 rings (SSSR count). The second-order valence-electron chi connectivity index (χ2n) is 5.52. The zero-order valence-corrected chi connectivity index (χ0v) is 10.5. The van der Waals surface area contributed by atoms with Gasteiger partial charge >= 0.3 is 0 Å². The first-order valence-electron chi connectivity index (χ1n) is 6.70. The van der Waals surface area contributed by atoms with E-state index in [0.717, 1.165) is 19.0 Å². The van der Waals surface area contributed by atoms with E-state index in [-0.39, 0.29) is 0 Å². The molecule has 3 heteroatoms. The van der Waals surface area contributed by atoms with Gasteiger partial charge in [-0.1, -0.05) is 26.7 Å². The van der Waals surface area contributed by atoms with Crippen LogP contribution in [0.4, 0.5) is 0 Å². The molecule has 0 aromatic carbocycles. The number of piperazine rings is 1. The maximum atomic E-state index is 11.9. The van der Waals surface area contributed by atoms with Crippen molar-refractivity contribution < 1.29 is 4.79 Å². The minimum atomic E-state index is 0.309. The van der Waals surface area contributed by atoms with Crippen molar-refractivity contribution in [3.05, 3.63) is 0 Å². The Morgan fingerprint density at radius 3 is 2.75 bits per heavy atom. The molecule has 1 heterocycles. The Kier molecular flexibility index (Phi) is 3.85. The van der Waals surface area contributed by atoms with E-state index in [4.69, 9.17) is 0 Å². The van der Waals surface area contributed by atoms with Gasteiger partial charge in [-0.3, -0.25) is 4.79 Å². The first-order chi connectivity index (χ1) is 7.70. The molecule has 2 unspecified atom stereocenters. The van der Waals surface area contributed by atoms with Gasteiger partial charge in [-0.25, -0.2) is 0 Å². The Hall–Kier alpha value is -0.570. The van der Waals surface area contributed by atoms with Crippen LogP contribution in [-0.2, 0) is 4.79 Å². The number of hydrogen-bond acceptors (Lipinski definition) is 2. The number of carbonyl (C=O) groups is 1. The number of rotatable bonds is 2. The maximum absolute atomic E-state index is 11.9. The molecule has 2 aliphatic rings. The van der Waals surface area contributed by atoms with Crippen LogP contribution >= 0.6 is 0 Å². The predicted octanol–water partition coefficient (Wildman–Crippen LogP) is 1.63. The minimum Gasteiger partial charge on any atom is -0.337 e. The molecule has 1 aliphatic heterocycles. The highest BCUT2D eigenvalue weighted by Gasteiger charge is 2.34. The smallest absolute Gasteiger partial charge is 0.236 e. The van der Waals surface area contributed by atoms with E-state index >= 15 is 0 Å². The first-order valence-corrected chi connectivity index (χ1v) is 6.70. The molecule has 0 aromatic heterocycles. The summed E-state index contributed by atoms with van der Waals surface area (Å²) in [5, 5.41) is 3.16.